The maximum Gasteiger partial charge on any atom is 0.149 e. The highest BCUT2D eigenvalue weighted by molar-refractivity contribution is 5.36. The molecule has 4 heteroatoms. The van der Waals surface area contributed by atoms with Gasteiger partial charge in [-0.3, -0.25) is 0 Å². The summed E-state index contributed by atoms with van der Waals surface area (Å²) in [6.07, 6.45) is 8.01. The first-order chi connectivity index (χ1) is 9.33. The normalized spacial score (nSPS) is 19.5. The van der Waals surface area contributed by atoms with E-state index in [1.54, 1.807) is 35.3 Å². The summed E-state index contributed by atoms with van der Waals surface area (Å²) in [6, 6.07) is 7.72. The van der Waals surface area contributed by atoms with Gasteiger partial charge in [-0.05, 0) is 49.6 Å². The van der Waals surface area contributed by atoms with Crippen LogP contribution in [0.1, 0.15) is 24.8 Å². The van der Waals surface area contributed by atoms with Crippen molar-refractivity contribution in [2.24, 2.45) is 0 Å². The topological polar surface area (TPSA) is 29.9 Å². The Kier molecular flexibility index (Phi) is 3.60. The summed E-state index contributed by atoms with van der Waals surface area (Å²) < 4.78 is 15.6. The maximum atomic E-state index is 14.1. The molecular formula is C15H18FN3. The van der Waals surface area contributed by atoms with Crippen molar-refractivity contribution < 1.29 is 4.39 Å². The van der Waals surface area contributed by atoms with E-state index in [0.29, 0.717) is 11.7 Å². The Balaban J connectivity index is 1.75. The summed E-state index contributed by atoms with van der Waals surface area (Å²) in [5.74, 6) is -0.211. The minimum absolute atomic E-state index is 0.211. The lowest BCUT2D eigenvalue weighted by atomic mass is 9.97. The van der Waals surface area contributed by atoms with Gasteiger partial charge < -0.3 is 5.32 Å². The molecule has 3 rings (SSSR count). The zero-order chi connectivity index (χ0) is 13.1. The van der Waals surface area contributed by atoms with Gasteiger partial charge in [0.25, 0.3) is 0 Å². The van der Waals surface area contributed by atoms with E-state index in [0.717, 1.165) is 18.5 Å². The van der Waals surface area contributed by atoms with Crippen LogP contribution in [-0.4, -0.2) is 22.4 Å². The van der Waals surface area contributed by atoms with E-state index in [9.17, 15) is 4.39 Å². The van der Waals surface area contributed by atoms with E-state index < -0.39 is 0 Å². The van der Waals surface area contributed by atoms with Crippen molar-refractivity contribution in [1.82, 2.24) is 15.1 Å². The standard InChI is InChI=1S/C15H18FN3/c16-14-11-12(10-13-4-1-2-7-17-13)5-6-15(14)19-9-3-8-18-19/h3,5-6,8-9,11,13,17H,1-2,4,7,10H2. The van der Waals surface area contributed by atoms with E-state index in [2.05, 4.69) is 10.4 Å². The van der Waals surface area contributed by atoms with Crippen LogP contribution in [0.5, 0.6) is 0 Å². The molecule has 1 N–H and O–H groups in total. The van der Waals surface area contributed by atoms with Gasteiger partial charge in [-0.15, -0.1) is 0 Å². The third-order valence-corrected chi connectivity index (χ3v) is 3.66. The summed E-state index contributed by atoms with van der Waals surface area (Å²) >= 11 is 0. The summed E-state index contributed by atoms with van der Waals surface area (Å²) in [6.45, 7) is 1.08. The number of piperidine rings is 1. The molecular weight excluding hydrogens is 241 g/mol. The van der Waals surface area contributed by atoms with Crippen LogP contribution in [-0.2, 0) is 6.42 Å². The van der Waals surface area contributed by atoms with Gasteiger partial charge in [0, 0.05) is 18.4 Å². The second kappa shape index (κ2) is 5.53. The van der Waals surface area contributed by atoms with Crippen LogP contribution in [0.4, 0.5) is 4.39 Å². The number of benzene rings is 1. The first-order valence-electron chi connectivity index (χ1n) is 6.85. The van der Waals surface area contributed by atoms with Gasteiger partial charge in [0.15, 0.2) is 0 Å². The van der Waals surface area contributed by atoms with Crippen molar-refractivity contribution in [3.8, 4) is 5.69 Å². The van der Waals surface area contributed by atoms with E-state index in [4.69, 9.17) is 0 Å². The Morgan fingerprint density at radius 3 is 3.00 bits per heavy atom. The minimum atomic E-state index is -0.211. The SMILES string of the molecule is Fc1cc(CC2CCCCN2)ccc1-n1cccn1. The molecule has 100 valence electrons. The van der Waals surface area contributed by atoms with E-state index in [1.807, 2.05) is 6.07 Å². The van der Waals surface area contributed by atoms with E-state index in [-0.39, 0.29) is 5.82 Å². The number of nitrogens with zero attached hydrogens (tertiary/aromatic N) is 2. The molecule has 0 saturated carbocycles. The first kappa shape index (κ1) is 12.4. The molecule has 0 radical (unpaired) electrons. The average molecular weight is 259 g/mol. The van der Waals surface area contributed by atoms with Crippen LogP contribution in [0.15, 0.2) is 36.7 Å². The van der Waals surface area contributed by atoms with Crippen molar-refractivity contribution in [3.05, 3.63) is 48.0 Å². The number of hydrogen-bond acceptors (Lipinski definition) is 2. The lowest BCUT2D eigenvalue weighted by molar-refractivity contribution is 0.399. The fraction of sp³-hybridized carbons (Fsp3) is 0.400. The summed E-state index contributed by atoms with van der Waals surface area (Å²) in [4.78, 5) is 0. The highest BCUT2D eigenvalue weighted by Crippen LogP contribution is 2.18. The van der Waals surface area contributed by atoms with Crippen molar-refractivity contribution in [2.45, 2.75) is 31.7 Å². The average Bonchev–Trinajstić information content (AvgIpc) is 2.94. The lowest BCUT2D eigenvalue weighted by Gasteiger charge is -2.23. The molecule has 0 spiro atoms. The molecule has 2 heterocycles. The smallest absolute Gasteiger partial charge is 0.149 e. The molecule has 1 aromatic heterocycles. The van der Waals surface area contributed by atoms with Gasteiger partial charge in [-0.1, -0.05) is 12.5 Å². The molecule has 0 bridgehead atoms. The molecule has 1 aliphatic rings. The first-order valence-corrected chi connectivity index (χ1v) is 6.85. The summed E-state index contributed by atoms with van der Waals surface area (Å²) in [5.41, 5.74) is 1.55. The molecule has 1 unspecified atom stereocenters. The summed E-state index contributed by atoms with van der Waals surface area (Å²) in [7, 11) is 0. The number of nitrogens with one attached hydrogen (secondary N) is 1. The molecule has 1 saturated heterocycles. The highest BCUT2D eigenvalue weighted by Gasteiger charge is 2.14. The molecule has 1 fully saturated rings. The molecule has 1 aromatic carbocycles. The zero-order valence-electron chi connectivity index (χ0n) is 10.8. The van der Waals surface area contributed by atoms with Crippen molar-refractivity contribution in [2.75, 3.05) is 6.54 Å². The van der Waals surface area contributed by atoms with Crippen LogP contribution < -0.4 is 5.32 Å². The third kappa shape index (κ3) is 2.84. The molecule has 0 amide bonds. The molecule has 1 aliphatic heterocycles. The Bertz CT molecular complexity index is 530. The zero-order valence-corrected chi connectivity index (χ0v) is 10.8. The minimum Gasteiger partial charge on any atom is -0.314 e. The second-order valence-corrected chi connectivity index (χ2v) is 5.09. The fourth-order valence-electron chi connectivity index (χ4n) is 2.66. The fourth-order valence-corrected chi connectivity index (χ4v) is 2.66. The molecule has 0 aliphatic carbocycles. The Labute approximate surface area is 112 Å². The van der Waals surface area contributed by atoms with Crippen molar-refractivity contribution in [1.29, 1.82) is 0 Å². The number of halogens is 1. The lowest BCUT2D eigenvalue weighted by Crippen LogP contribution is -2.35. The molecule has 19 heavy (non-hydrogen) atoms. The van der Waals surface area contributed by atoms with Gasteiger partial charge in [-0.2, -0.15) is 5.10 Å². The van der Waals surface area contributed by atoms with E-state index in [1.165, 1.54) is 19.3 Å². The number of aromatic nitrogens is 2. The molecule has 1 atom stereocenters. The Morgan fingerprint density at radius 1 is 1.37 bits per heavy atom. The van der Waals surface area contributed by atoms with Crippen LogP contribution in [0.2, 0.25) is 0 Å². The largest absolute Gasteiger partial charge is 0.314 e. The van der Waals surface area contributed by atoms with Gasteiger partial charge in [0.05, 0.1) is 0 Å². The number of rotatable bonds is 3. The Hall–Kier alpha value is -1.68. The number of hydrogen-bond donors (Lipinski definition) is 1. The predicted octanol–water partition coefficient (Wildman–Crippen LogP) is 2.70. The van der Waals surface area contributed by atoms with Gasteiger partial charge in [0.2, 0.25) is 0 Å². The second-order valence-electron chi connectivity index (χ2n) is 5.09. The summed E-state index contributed by atoms with van der Waals surface area (Å²) in [5, 5.41) is 7.55. The van der Waals surface area contributed by atoms with Crippen molar-refractivity contribution >= 4 is 0 Å². The van der Waals surface area contributed by atoms with Gasteiger partial charge in [0.1, 0.15) is 11.5 Å². The quantitative estimate of drug-likeness (QED) is 0.918. The van der Waals surface area contributed by atoms with Gasteiger partial charge in [-0.25, -0.2) is 9.07 Å². The maximum absolute atomic E-state index is 14.1. The molecule has 3 nitrogen and oxygen atoms in total. The van der Waals surface area contributed by atoms with Crippen LogP contribution in [0, 0.1) is 5.82 Å². The van der Waals surface area contributed by atoms with Gasteiger partial charge >= 0.3 is 0 Å². The Morgan fingerprint density at radius 2 is 2.32 bits per heavy atom. The van der Waals surface area contributed by atoms with Crippen molar-refractivity contribution in [3.63, 3.8) is 0 Å². The van der Waals surface area contributed by atoms with Crippen LogP contribution >= 0.6 is 0 Å². The monoisotopic (exact) mass is 259 g/mol. The highest BCUT2D eigenvalue weighted by atomic mass is 19.1. The van der Waals surface area contributed by atoms with Crippen LogP contribution in [0.3, 0.4) is 0 Å². The molecule has 2 aromatic rings. The van der Waals surface area contributed by atoms with E-state index >= 15 is 0 Å². The third-order valence-electron chi connectivity index (χ3n) is 3.66. The predicted molar refractivity (Wildman–Crippen MR) is 72.9 cm³/mol. The van der Waals surface area contributed by atoms with Crippen LogP contribution in [0.25, 0.3) is 5.69 Å².